The van der Waals surface area contributed by atoms with Gasteiger partial charge in [-0.3, -0.25) is 4.79 Å². The van der Waals surface area contributed by atoms with Crippen molar-refractivity contribution in [1.82, 2.24) is 0 Å². The molecule has 0 amide bonds. The average Bonchev–Trinajstić information content (AvgIpc) is 2.65. The van der Waals surface area contributed by atoms with Gasteiger partial charge in [-0.05, 0) is 11.1 Å². The molecule has 1 fully saturated rings. The van der Waals surface area contributed by atoms with Gasteiger partial charge in [-0.2, -0.15) is 0 Å². The smallest absolute Gasteiger partial charge is 0.168 e. The van der Waals surface area contributed by atoms with Crippen molar-refractivity contribution < 1.29 is 9.53 Å². The van der Waals surface area contributed by atoms with Crippen LogP contribution >= 0.6 is 0 Å². The quantitative estimate of drug-likeness (QED) is 0.709. The molecule has 14 heavy (non-hydrogen) atoms. The molecule has 1 heterocycles. The highest BCUT2D eigenvalue weighted by molar-refractivity contribution is 5.88. The van der Waals surface area contributed by atoms with E-state index in [2.05, 4.69) is 6.58 Å². The molecule has 0 aliphatic carbocycles. The lowest BCUT2D eigenvalue weighted by atomic mass is 9.96. The van der Waals surface area contributed by atoms with Crippen LogP contribution in [0.2, 0.25) is 0 Å². The number of rotatable bonds is 2. The average molecular weight is 188 g/mol. The summed E-state index contributed by atoms with van der Waals surface area (Å²) in [5.74, 6) is 0.116. The Morgan fingerprint density at radius 1 is 1.36 bits per heavy atom. The summed E-state index contributed by atoms with van der Waals surface area (Å²) in [6, 6.07) is 7.87. The Balaban J connectivity index is 2.24. The summed E-state index contributed by atoms with van der Waals surface area (Å²) in [4.78, 5) is 11.4. The molecule has 2 nitrogen and oxygen atoms in total. The fourth-order valence-electron chi connectivity index (χ4n) is 1.62. The van der Waals surface area contributed by atoms with Crippen molar-refractivity contribution in [2.45, 2.75) is 5.92 Å². The van der Waals surface area contributed by atoms with Gasteiger partial charge < -0.3 is 4.74 Å². The first-order valence-corrected chi connectivity index (χ1v) is 4.64. The summed E-state index contributed by atoms with van der Waals surface area (Å²) in [7, 11) is 0. The third-order valence-electron chi connectivity index (χ3n) is 2.49. The van der Waals surface area contributed by atoms with Gasteiger partial charge in [0.2, 0.25) is 0 Å². The van der Waals surface area contributed by atoms with Crippen LogP contribution < -0.4 is 0 Å². The normalized spacial score (nSPS) is 21.1. The predicted octanol–water partition coefficient (Wildman–Crippen LogP) is 2.01. The van der Waals surface area contributed by atoms with Crippen LogP contribution in [0.1, 0.15) is 17.0 Å². The van der Waals surface area contributed by atoms with Crippen molar-refractivity contribution >= 4 is 11.9 Å². The molecule has 0 saturated carbocycles. The van der Waals surface area contributed by atoms with Gasteiger partial charge in [-0.15, -0.1) is 0 Å². The van der Waals surface area contributed by atoms with E-state index in [1.165, 1.54) is 0 Å². The van der Waals surface area contributed by atoms with Crippen molar-refractivity contribution in [2.75, 3.05) is 13.2 Å². The molecule has 2 heteroatoms. The minimum Gasteiger partial charge on any atom is -0.373 e. The number of benzene rings is 1. The molecule has 0 unspecified atom stereocenters. The fraction of sp³-hybridized carbons (Fsp3) is 0.250. The van der Waals surface area contributed by atoms with Crippen LogP contribution in [0.5, 0.6) is 0 Å². The van der Waals surface area contributed by atoms with E-state index in [1.54, 1.807) is 6.08 Å². The van der Waals surface area contributed by atoms with Gasteiger partial charge in [0.25, 0.3) is 0 Å². The van der Waals surface area contributed by atoms with Crippen LogP contribution in [0, 0.1) is 0 Å². The van der Waals surface area contributed by atoms with Crippen LogP contribution in [-0.4, -0.2) is 19.0 Å². The molecule has 1 aliphatic rings. The van der Waals surface area contributed by atoms with Gasteiger partial charge in [-0.25, -0.2) is 0 Å². The Morgan fingerprint density at radius 3 is 2.57 bits per heavy atom. The monoisotopic (exact) mass is 188 g/mol. The second kappa shape index (κ2) is 3.76. The standard InChI is InChI=1S/C12H12O2/c1-2-9-3-5-10(6-4-9)11-7-14-8-12(11)13/h2-6,11H,1,7-8H2/t11-/m1/s1. The Kier molecular flexibility index (Phi) is 2.46. The zero-order chi connectivity index (χ0) is 9.97. The van der Waals surface area contributed by atoms with Crippen LogP contribution in [0.15, 0.2) is 30.8 Å². The molecule has 1 atom stereocenters. The van der Waals surface area contributed by atoms with Gasteiger partial charge in [0.05, 0.1) is 12.5 Å². The Hall–Kier alpha value is -1.41. The van der Waals surface area contributed by atoms with Gasteiger partial charge in [0.15, 0.2) is 5.78 Å². The molecule has 1 aromatic carbocycles. The van der Waals surface area contributed by atoms with E-state index in [4.69, 9.17) is 4.74 Å². The summed E-state index contributed by atoms with van der Waals surface area (Å²) < 4.78 is 5.11. The van der Waals surface area contributed by atoms with Gasteiger partial charge in [-0.1, -0.05) is 36.9 Å². The first-order valence-electron chi connectivity index (χ1n) is 4.64. The highest BCUT2D eigenvalue weighted by Gasteiger charge is 2.26. The molecule has 72 valence electrons. The molecular weight excluding hydrogens is 176 g/mol. The minimum atomic E-state index is -0.0612. The number of ether oxygens (including phenoxy) is 1. The third-order valence-corrected chi connectivity index (χ3v) is 2.49. The maximum atomic E-state index is 11.4. The molecule has 2 rings (SSSR count). The molecule has 0 N–H and O–H groups in total. The van der Waals surface area contributed by atoms with Gasteiger partial charge in [0, 0.05) is 0 Å². The van der Waals surface area contributed by atoms with Crippen LogP contribution in [0.25, 0.3) is 6.08 Å². The second-order valence-corrected chi connectivity index (χ2v) is 3.40. The summed E-state index contributed by atoms with van der Waals surface area (Å²) in [5, 5.41) is 0. The summed E-state index contributed by atoms with van der Waals surface area (Å²) in [6.45, 7) is 4.46. The number of carbonyl (C=O) groups excluding carboxylic acids is 1. The number of Topliss-reactive ketones (excluding diaryl/α,β-unsaturated/α-hetero) is 1. The molecule has 0 aromatic heterocycles. The third kappa shape index (κ3) is 1.61. The second-order valence-electron chi connectivity index (χ2n) is 3.40. The first kappa shape index (κ1) is 9.16. The van der Waals surface area contributed by atoms with Crippen molar-refractivity contribution in [2.24, 2.45) is 0 Å². The van der Waals surface area contributed by atoms with E-state index < -0.39 is 0 Å². The zero-order valence-corrected chi connectivity index (χ0v) is 7.90. The summed E-state index contributed by atoms with van der Waals surface area (Å²) in [6.07, 6.45) is 1.79. The van der Waals surface area contributed by atoms with Crippen LogP contribution in [0.3, 0.4) is 0 Å². The maximum Gasteiger partial charge on any atom is 0.168 e. The van der Waals surface area contributed by atoms with Crippen molar-refractivity contribution in [1.29, 1.82) is 0 Å². The van der Waals surface area contributed by atoms with E-state index in [0.29, 0.717) is 6.61 Å². The lowest BCUT2D eigenvalue weighted by Crippen LogP contribution is -2.08. The van der Waals surface area contributed by atoms with Crippen molar-refractivity contribution in [3.05, 3.63) is 42.0 Å². The number of ketones is 1. The Bertz CT molecular complexity index is 351. The largest absolute Gasteiger partial charge is 0.373 e. The van der Waals surface area contributed by atoms with E-state index in [9.17, 15) is 4.79 Å². The molecule has 1 aliphatic heterocycles. The van der Waals surface area contributed by atoms with E-state index in [0.717, 1.165) is 11.1 Å². The highest BCUT2D eigenvalue weighted by atomic mass is 16.5. The molecule has 0 bridgehead atoms. The topological polar surface area (TPSA) is 26.3 Å². The van der Waals surface area contributed by atoms with Crippen LogP contribution in [0.4, 0.5) is 0 Å². The Morgan fingerprint density at radius 2 is 2.07 bits per heavy atom. The first-order chi connectivity index (χ1) is 6.81. The lowest BCUT2D eigenvalue weighted by Gasteiger charge is -2.06. The van der Waals surface area contributed by atoms with Gasteiger partial charge in [0.1, 0.15) is 6.61 Å². The van der Waals surface area contributed by atoms with Gasteiger partial charge >= 0.3 is 0 Å². The summed E-state index contributed by atoms with van der Waals surface area (Å²) >= 11 is 0. The Labute approximate surface area is 83.2 Å². The molecule has 0 spiro atoms. The molecular formula is C12H12O2. The molecule has 1 aromatic rings. The SMILES string of the molecule is C=Cc1ccc([C@H]2COCC2=O)cc1. The van der Waals surface area contributed by atoms with E-state index in [1.807, 2.05) is 24.3 Å². The lowest BCUT2D eigenvalue weighted by molar-refractivity contribution is -0.118. The highest BCUT2D eigenvalue weighted by Crippen LogP contribution is 2.22. The van der Waals surface area contributed by atoms with E-state index in [-0.39, 0.29) is 18.3 Å². The fourth-order valence-corrected chi connectivity index (χ4v) is 1.62. The maximum absolute atomic E-state index is 11.4. The van der Waals surface area contributed by atoms with Crippen molar-refractivity contribution in [3.63, 3.8) is 0 Å². The van der Waals surface area contributed by atoms with E-state index >= 15 is 0 Å². The number of hydrogen-bond acceptors (Lipinski definition) is 2. The minimum absolute atomic E-state index is 0.0612. The number of carbonyl (C=O) groups is 1. The number of hydrogen-bond donors (Lipinski definition) is 0. The molecule has 0 radical (unpaired) electrons. The summed E-state index contributed by atoms with van der Waals surface area (Å²) in [5.41, 5.74) is 2.11. The predicted molar refractivity (Wildman–Crippen MR) is 55.1 cm³/mol. The van der Waals surface area contributed by atoms with Crippen molar-refractivity contribution in [3.8, 4) is 0 Å². The molecule has 1 saturated heterocycles. The van der Waals surface area contributed by atoms with Crippen LogP contribution in [-0.2, 0) is 9.53 Å². The zero-order valence-electron chi connectivity index (χ0n) is 7.90.